The highest BCUT2D eigenvalue weighted by molar-refractivity contribution is 6.01. The summed E-state index contributed by atoms with van der Waals surface area (Å²) in [6.07, 6.45) is -0.905. The minimum Gasteiger partial charge on any atom is -0.444 e. The summed E-state index contributed by atoms with van der Waals surface area (Å²) in [5.41, 5.74) is 6.87. The lowest BCUT2D eigenvalue weighted by atomic mass is 9.85. The van der Waals surface area contributed by atoms with Gasteiger partial charge in [-0.15, -0.1) is 0 Å². The SMILES string of the molecule is NC(=O)N1CCN(C(=O)[C@H]2NC(=O)[C@@H]2CCCN=C(NC(=O)OCc2ccccc2)NC(=O)OCc2ccccc2)CC1. The first-order valence-corrected chi connectivity index (χ1v) is 13.9. The van der Waals surface area contributed by atoms with Crippen LogP contribution < -0.4 is 21.7 Å². The Kier molecular flexibility index (Phi) is 10.9. The molecule has 0 spiro atoms. The van der Waals surface area contributed by atoms with Crippen LogP contribution in [0.25, 0.3) is 0 Å². The molecule has 0 aliphatic carbocycles. The second kappa shape index (κ2) is 15.2. The van der Waals surface area contributed by atoms with Crippen molar-refractivity contribution in [1.82, 2.24) is 25.8 Å². The summed E-state index contributed by atoms with van der Waals surface area (Å²) in [7, 11) is 0. The lowest BCUT2D eigenvalue weighted by molar-refractivity contribution is -0.150. The molecule has 43 heavy (non-hydrogen) atoms. The first-order valence-electron chi connectivity index (χ1n) is 13.9. The number of β-lactam (4-membered cyclic amide) rings is 1. The smallest absolute Gasteiger partial charge is 0.414 e. The predicted octanol–water partition coefficient (Wildman–Crippen LogP) is 1.31. The molecule has 0 bridgehead atoms. The van der Waals surface area contributed by atoms with E-state index in [9.17, 15) is 24.0 Å². The number of aliphatic imine (C=N–C) groups is 1. The van der Waals surface area contributed by atoms with Gasteiger partial charge in [0.05, 0.1) is 5.92 Å². The molecule has 0 unspecified atom stereocenters. The van der Waals surface area contributed by atoms with Gasteiger partial charge in [0.25, 0.3) is 0 Å². The fourth-order valence-corrected chi connectivity index (χ4v) is 4.62. The Bertz CT molecular complexity index is 1260. The van der Waals surface area contributed by atoms with E-state index in [4.69, 9.17) is 15.2 Å². The number of nitrogens with one attached hydrogen (secondary N) is 3. The molecular formula is C29H35N7O7. The first-order chi connectivity index (χ1) is 20.8. The number of ether oxygens (including phenoxy) is 2. The average molecular weight is 594 g/mol. The number of piperazine rings is 1. The summed E-state index contributed by atoms with van der Waals surface area (Å²) in [5.74, 6) is -1.14. The summed E-state index contributed by atoms with van der Waals surface area (Å²) < 4.78 is 10.5. The number of alkyl carbamates (subject to hydrolysis) is 2. The normalized spacial score (nSPS) is 17.5. The van der Waals surface area contributed by atoms with E-state index in [1.165, 1.54) is 4.90 Å². The largest absolute Gasteiger partial charge is 0.444 e. The molecule has 2 aliphatic rings. The van der Waals surface area contributed by atoms with Gasteiger partial charge in [0.2, 0.25) is 17.8 Å². The summed E-state index contributed by atoms with van der Waals surface area (Å²) in [6.45, 7) is 1.52. The van der Waals surface area contributed by atoms with E-state index in [-0.39, 0.29) is 37.5 Å². The number of guanidine groups is 1. The molecule has 4 rings (SSSR count). The zero-order valence-corrected chi connectivity index (χ0v) is 23.6. The standard InChI is InChI=1S/C29H35N7O7/c30-26(39)36-16-14-35(15-17-36)25(38)23-22(24(37)32-23)12-7-13-31-27(33-28(40)42-18-20-8-3-1-4-9-20)34-29(41)43-19-21-10-5-2-6-11-21/h1-6,8-11,22-23H,7,12-19H2,(H2,30,39)(H,32,37)(H2,31,33,34,40,41)/t22-,23+/m1/s1. The molecule has 0 radical (unpaired) electrons. The van der Waals surface area contributed by atoms with Crippen molar-refractivity contribution in [3.05, 3.63) is 71.8 Å². The van der Waals surface area contributed by atoms with Gasteiger partial charge in [0.15, 0.2) is 0 Å². The van der Waals surface area contributed by atoms with Crippen LogP contribution in [0.3, 0.4) is 0 Å². The number of primary amides is 1. The summed E-state index contributed by atoms with van der Waals surface area (Å²) in [6, 6.07) is 17.0. The van der Waals surface area contributed by atoms with Crippen LogP contribution in [0.1, 0.15) is 24.0 Å². The number of carbonyl (C=O) groups excluding carboxylic acids is 5. The van der Waals surface area contributed by atoms with Crippen molar-refractivity contribution in [2.45, 2.75) is 32.1 Å². The monoisotopic (exact) mass is 593 g/mol. The van der Waals surface area contributed by atoms with Crippen LogP contribution in [0.4, 0.5) is 14.4 Å². The van der Waals surface area contributed by atoms with E-state index in [0.29, 0.717) is 39.0 Å². The Balaban J connectivity index is 1.28. The van der Waals surface area contributed by atoms with Crippen LogP contribution in [-0.2, 0) is 32.3 Å². The minimum atomic E-state index is -0.827. The highest BCUT2D eigenvalue weighted by Gasteiger charge is 2.45. The number of hydrogen-bond donors (Lipinski definition) is 4. The van der Waals surface area contributed by atoms with Gasteiger partial charge >= 0.3 is 18.2 Å². The second-order valence-corrected chi connectivity index (χ2v) is 9.99. The molecule has 228 valence electrons. The zero-order chi connectivity index (χ0) is 30.6. The lowest BCUT2D eigenvalue weighted by Gasteiger charge is -2.41. The molecule has 2 atom stereocenters. The molecule has 2 aromatic rings. The second-order valence-electron chi connectivity index (χ2n) is 9.99. The van der Waals surface area contributed by atoms with Crippen molar-refractivity contribution < 1.29 is 33.4 Å². The quantitative estimate of drug-likeness (QED) is 0.146. The van der Waals surface area contributed by atoms with Crippen LogP contribution in [-0.4, -0.2) is 84.6 Å². The maximum absolute atomic E-state index is 13.0. The number of carbonyl (C=O) groups is 5. The highest BCUT2D eigenvalue weighted by atomic mass is 16.6. The zero-order valence-electron chi connectivity index (χ0n) is 23.6. The molecule has 14 nitrogen and oxygen atoms in total. The molecular weight excluding hydrogens is 558 g/mol. The van der Waals surface area contributed by atoms with Crippen LogP contribution in [0, 0.1) is 5.92 Å². The molecule has 2 aliphatic heterocycles. The Morgan fingerprint density at radius 2 is 1.35 bits per heavy atom. The van der Waals surface area contributed by atoms with Gasteiger partial charge in [0.1, 0.15) is 19.3 Å². The van der Waals surface area contributed by atoms with E-state index >= 15 is 0 Å². The fraction of sp³-hybridized carbons (Fsp3) is 0.379. The predicted molar refractivity (Wildman–Crippen MR) is 154 cm³/mol. The molecule has 0 saturated carbocycles. The van der Waals surface area contributed by atoms with Gasteiger partial charge < -0.3 is 30.3 Å². The van der Waals surface area contributed by atoms with Gasteiger partial charge in [-0.05, 0) is 24.0 Å². The Morgan fingerprint density at radius 1 is 0.837 bits per heavy atom. The van der Waals surface area contributed by atoms with E-state index in [2.05, 4.69) is 20.9 Å². The van der Waals surface area contributed by atoms with Crippen LogP contribution in [0.5, 0.6) is 0 Å². The van der Waals surface area contributed by atoms with Crippen molar-refractivity contribution in [2.24, 2.45) is 16.6 Å². The average Bonchev–Trinajstić information content (AvgIpc) is 3.02. The van der Waals surface area contributed by atoms with Gasteiger partial charge in [-0.25, -0.2) is 14.4 Å². The molecule has 6 amide bonds. The van der Waals surface area contributed by atoms with Gasteiger partial charge in [-0.1, -0.05) is 60.7 Å². The van der Waals surface area contributed by atoms with Crippen molar-refractivity contribution >= 4 is 36.0 Å². The highest BCUT2D eigenvalue weighted by Crippen LogP contribution is 2.23. The first kappa shape index (κ1) is 30.8. The number of hydrogen-bond acceptors (Lipinski definition) is 8. The maximum Gasteiger partial charge on any atom is 0.414 e. The van der Waals surface area contributed by atoms with Crippen LogP contribution in [0.15, 0.2) is 65.7 Å². The number of amides is 6. The maximum atomic E-state index is 13.0. The fourth-order valence-electron chi connectivity index (χ4n) is 4.62. The van der Waals surface area contributed by atoms with Gasteiger partial charge in [-0.2, -0.15) is 0 Å². The summed E-state index contributed by atoms with van der Waals surface area (Å²) in [4.78, 5) is 68.7. The molecule has 2 heterocycles. The Labute approximate surface area is 248 Å². The van der Waals surface area contributed by atoms with E-state index in [1.807, 2.05) is 36.4 Å². The Hall–Kier alpha value is -5.14. The van der Waals surface area contributed by atoms with Crippen molar-refractivity contribution in [1.29, 1.82) is 0 Å². The molecule has 0 aromatic heterocycles. The third-order valence-corrected chi connectivity index (χ3v) is 7.02. The Morgan fingerprint density at radius 3 is 1.84 bits per heavy atom. The van der Waals surface area contributed by atoms with Crippen molar-refractivity contribution in [2.75, 3.05) is 32.7 Å². The third kappa shape index (κ3) is 9.18. The molecule has 14 heteroatoms. The number of urea groups is 1. The molecule has 2 saturated heterocycles. The third-order valence-electron chi connectivity index (χ3n) is 7.02. The molecule has 5 N–H and O–H groups in total. The van der Waals surface area contributed by atoms with Crippen LogP contribution in [0.2, 0.25) is 0 Å². The summed E-state index contributed by atoms with van der Waals surface area (Å²) in [5, 5.41) is 7.51. The van der Waals surface area contributed by atoms with Gasteiger partial charge in [0, 0.05) is 32.7 Å². The number of nitrogens with two attached hydrogens (primary N) is 1. The molecule has 2 aromatic carbocycles. The van der Waals surface area contributed by atoms with Crippen molar-refractivity contribution in [3.63, 3.8) is 0 Å². The topological polar surface area (TPSA) is 185 Å². The number of benzene rings is 2. The van der Waals surface area contributed by atoms with Crippen molar-refractivity contribution in [3.8, 4) is 0 Å². The summed E-state index contributed by atoms with van der Waals surface area (Å²) >= 11 is 0. The van der Waals surface area contributed by atoms with E-state index in [1.54, 1.807) is 29.2 Å². The number of nitrogens with zero attached hydrogens (tertiary/aromatic N) is 3. The molecule has 2 fully saturated rings. The lowest BCUT2D eigenvalue weighted by Crippen LogP contribution is -2.66. The van der Waals surface area contributed by atoms with Crippen LogP contribution >= 0.6 is 0 Å². The number of rotatable bonds is 9. The van der Waals surface area contributed by atoms with Gasteiger partial charge in [-0.3, -0.25) is 25.2 Å². The minimum absolute atomic E-state index is 0.0161. The van der Waals surface area contributed by atoms with E-state index < -0.39 is 30.2 Å². The van der Waals surface area contributed by atoms with E-state index in [0.717, 1.165) is 11.1 Å².